The van der Waals surface area contributed by atoms with Crippen LogP contribution in [0.2, 0.25) is 0 Å². The molecule has 7 nitrogen and oxygen atoms in total. The van der Waals surface area contributed by atoms with E-state index in [2.05, 4.69) is 32.5 Å². The van der Waals surface area contributed by atoms with Gasteiger partial charge >= 0.3 is 0 Å². The molecule has 36 heavy (non-hydrogen) atoms. The minimum Gasteiger partial charge on any atom is -0.652 e. The van der Waals surface area contributed by atoms with Crippen LogP contribution in [0.15, 0.2) is 115 Å². The Morgan fingerprint density at radius 3 is 1.83 bits per heavy atom. The third-order valence-electron chi connectivity index (χ3n) is 4.80. The summed E-state index contributed by atoms with van der Waals surface area (Å²) in [5.41, 5.74) is 1.28. The number of hydrogen-bond donors (Lipinski definition) is 2. The number of pyridine rings is 1. The first-order valence-corrected chi connectivity index (χ1v) is 11.4. The Labute approximate surface area is 222 Å². The summed E-state index contributed by atoms with van der Waals surface area (Å²) < 4.78 is 4.46. The number of hydrogen-bond acceptors (Lipinski definition) is 7. The molecule has 8 heteroatoms. The molecule has 2 N–H and O–H groups in total. The van der Waals surface area contributed by atoms with Crippen LogP contribution in [0.3, 0.4) is 0 Å². The van der Waals surface area contributed by atoms with E-state index in [1.165, 1.54) is 18.6 Å². The first kappa shape index (κ1) is 30.3. The standard InChI is InChI=1S/C16H16N2O2.C7H9O2.C5H5N.Co/c19-15-7-3-1-5-13(15)11-17-9-10-18-12-14-6-2-4-8-16(14)20;8-6-9-5-7-3-1-2-4-7;1-2-4-6-5-3-1;/h1-8,11-12,17-18H,9-10H2;1,3,7H,2,4-5H2;1-5H;/q;-1;;/b13-11-,14-12-;;;/t;7-;;/m.0../s1. The van der Waals surface area contributed by atoms with Crippen molar-refractivity contribution in [2.24, 2.45) is 5.92 Å². The van der Waals surface area contributed by atoms with E-state index in [1.54, 1.807) is 49.1 Å². The van der Waals surface area contributed by atoms with Crippen molar-refractivity contribution in [2.45, 2.75) is 12.8 Å². The average molecular weight is 531 g/mol. The van der Waals surface area contributed by atoms with E-state index in [9.17, 15) is 14.4 Å². The van der Waals surface area contributed by atoms with Crippen molar-refractivity contribution in [1.29, 1.82) is 0 Å². The number of aromatic nitrogens is 1. The van der Waals surface area contributed by atoms with Crippen molar-refractivity contribution >= 4 is 18.0 Å². The van der Waals surface area contributed by atoms with E-state index in [4.69, 9.17) is 0 Å². The maximum absolute atomic E-state index is 11.4. The topological polar surface area (TPSA) is 97.4 Å². The van der Waals surface area contributed by atoms with Crippen molar-refractivity contribution in [3.05, 3.63) is 115 Å². The van der Waals surface area contributed by atoms with E-state index in [-0.39, 0.29) is 28.3 Å². The molecule has 1 aromatic rings. The largest absolute Gasteiger partial charge is 0.652 e. The van der Waals surface area contributed by atoms with E-state index in [1.807, 2.05) is 30.4 Å². The van der Waals surface area contributed by atoms with Crippen molar-refractivity contribution in [3.8, 4) is 0 Å². The normalized spacial score (nSPS) is 19.1. The molecular formula is C28H30CoN3O4-. The Hall–Kier alpha value is -3.75. The van der Waals surface area contributed by atoms with Gasteiger partial charge in [0.2, 0.25) is 0 Å². The number of ketones is 2. The fourth-order valence-electron chi connectivity index (χ4n) is 3.00. The molecule has 0 saturated carbocycles. The summed E-state index contributed by atoms with van der Waals surface area (Å²) in [5.74, 6) is 0.450. The van der Waals surface area contributed by atoms with Crippen molar-refractivity contribution in [2.75, 3.05) is 19.7 Å². The summed E-state index contributed by atoms with van der Waals surface area (Å²) in [7, 11) is 0. The smallest absolute Gasteiger partial charge is 0.187 e. The minimum absolute atomic E-state index is 0. The number of rotatable bonds is 8. The van der Waals surface area contributed by atoms with Crippen LogP contribution in [0.5, 0.6) is 0 Å². The third-order valence-corrected chi connectivity index (χ3v) is 4.80. The van der Waals surface area contributed by atoms with Gasteiger partial charge in [0.1, 0.15) is 0 Å². The summed E-state index contributed by atoms with van der Waals surface area (Å²) in [4.78, 5) is 36.2. The fourth-order valence-corrected chi connectivity index (χ4v) is 3.00. The molecule has 4 rings (SSSR count). The second-order valence-corrected chi connectivity index (χ2v) is 7.46. The van der Waals surface area contributed by atoms with E-state index >= 15 is 0 Å². The van der Waals surface area contributed by atoms with E-state index < -0.39 is 0 Å². The fraction of sp³-hybridized carbons (Fsp3) is 0.214. The molecule has 0 unspecified atom stereocenters. The van der Waals surface area contributed by atoms with Crippen molar-refractivity contribution in [3.63, 3.8) is 0 Å². The molecule has 3 aliphatic carbocycles. The zero-order valence-electron chi connectivity index (χ0n) is 19.8. The molecule has 1 atom stereocenters. The molecule has 0 bridgehead atoms. The van der Waals surface area contributed by atoms with E-state index in [0.29, 0.717) is 36.8 Å². The van der Waals surface area contributed by atoms with Gasteiger partial charge in [-0.2, -0.15) is 0 Å². The van der Waals surface area contributed by atoms with Crippen molar-refractivity contribution < 1.29 is 35.9 Å². The van der Waals surface area contributed by atoms with Gasteiger partial charge < -0.3 is 20.2 Å². The van der Waals surface area contributed by atoms with Crippen LogP contribution in [0.4, 0.5) is 0 Å². The van der Waals surface area contributed by atoms with Gasteiger partial charge in [-0.15, -0.1) is 0 Å². The summed E-state index contributed by atoms with van der Waals surface area (Å²) >= 11 is 0. The Bertz CT molecular complexity index is 946. The van der Waals surface area contributed by atoms with Gasteiger partial charge in [-0.3, -0.25) is 14.6 Å². The molecule has 0 fully saturated rings. The maximum Gasteiger partial charge on any atom is 0.187 e. The molecule has 1 heterocycles. The molecular weight excluding hydrogens is 501 g/mol. The first-order chi connectivity index (χ1) is 17.2. The van der Waals surface area contributed by atoms with Gasteiger partial charge in [0.15, 0.2) is 11.6 Å². The Balaban J connectivity index is 0.000000332. The van der Waals surface area contributed by atoms with Gasteiger partial charge in [-0.1, -0.05) is 49.0 Å². The quantitative estimate of drug-likeness (QED) is 0.230. The van der Waals surface area contributed by atoms with Crippen LogP contribution in [0.1, 0.15) is 12.8 Å². The second-order valence-electron chi connectivity index (χ2n) is 7.46. The minimum atomic E-state index is -0.000182. The van der Waals surface area contributed by atoms with Crippen LogP contribution >= 0.6 is 0 Å². The molecule has 0 aromatic carbocycles. The second kappa shape index (κ2) is 19.5. The summed E-state index contributed by atoms with van der Waals surface area (Å²) in [6, 6.07) is 5.72. The zero-order valence-corrected chi connectivity index (χ0v) is 20.9. The number of carbonyl (C=O) groups excluding carboxylic acids is 3. The van der Waals surface area contributed by atoms with Crippen LogP contribution in [0.25, 0.3) is 0 Å². The molecule has 1 radical (unpaired) electrons. The average Bonchev–Trinajstić information content (AvgIpc) is 3.42. The molecule has 0 spiro atoms. The van der Waals surface area contributed by atoms with Gasteiger partial charge in [0.25, 0.3) is 0 Å². The maximum atomic E-state index is 11.4. The SMILES string of the molecule is O=C1C=CC=C/C1=C/NCCN/C=C1/C=CC=CC1=O.O=[C-]OC[C@H]1C=CCC1.[Co].c1ccncc1. The van der Waals surface area contributed by atoms with Crippen LogP contribution in [-0.4, -0.2) is 42.7 Å². The summed E-state index contributed by atoms with van der Waals surface area (Å²) in [5, 5.41) is 6.12. The Morgan fingerprint density at radius 1 is 0.889 bits per heavy atom. The Morgan fingerprint density at radius 2 is 1.44 bits per heavy atom. The summed E-state index contributed by atoms with van der Waals surface area (Å²) in [6.07, 6.45) is 27.0. The van der Waals surface area contributed by atoms with Crippen molar-refractivity contribution in [1.82, 2.24) is 15.6 Å². The van der Waals surface area contributed by atoms with Crippen LogP contribution < -0.4 is 10.6 Å². The monoisotopic (exact) mass is 531 g/mol. The molecule has 191 valence electrons. The third kappa shape index (κ3) is 13.2. The predicted molar refractivity (Wildman–Crippen MR) is 136 cm³/mol. The Kier molecular flexibility index (Phi) is 16.4. The van der Waals surface area contributed by atoms with Gasteiger partial charge in [0, 0.05) is 71.7 Å². The number of nitrogens with one attached hydrogen (secondary N) is 2. The molecule has 0 saturated heterocycles. The number of ether oxygens (including phenoxy) is 1. The number of carbonyl (C=O) groups is 2. The first-order valence-electron chi connectivity index (χ1n) is 11.4. The molecule has 0 amide bonds. The molecule has 1 aromatic heterocycles. The number of nitrogens with zero attached hydrogens (tertiary/aromatic N) is 1. The van der Waals surface area contributed by atoms with E-state index in [0.717, 1.165) is 12.8 Å². The molecule has 3 aliphatic rings. The van der Waals surface area contributed by atoms with Crippen LogP contribution in [-0.2, 0) is 35.9 Å². The number of allylic oxidation sites excluding steroid dienone is 11. The molecule has 0 aliphatic heterocycles. The van der Waals surface area contributed by atoms with Gasteiger partial charge in [0.05, 0.1) is 6.61 Å². The van der Waals surface area contributed by atoms with Gasteiger partial charge in [-0.25, -0.2) is 0 Å². The summed E-state index contributed by atoms with van der Waals surface area (Å²) in [6.45, 7) is 3.23. The predicted octanol–water partition coefficient (Wildman–Crippen LogP) is 3.44. The van der Waals surface area contributed by atoms with Gasteiger partial charge in [-0.05, 0) is 49.3 Å². The zero-order chi connectivity index (χ0) is 25.0. The van der Waals surface area contributed by atoms with Crippen LogP contribution in [0, 0.1) is 5.92 Å².